The second-order valence-electron chi connectivity index (χ2n) is 6.89. The summed E-state index contributed by atoms with van der Waals surface area (Å²) in [6.07, 6.45) is 2.44. The van der Waals surface area contributed by atoms with E-state index in [9.17, 15) is 9.59 Å². The Morgan fingerprint density at radius 1 is 1.16 bits per heavy atom. The van der Waals surface area contributed by atoms with Crippen LogP contribution in [0.3, 0.4) is 0 Å². The van der Waals surface area contributed by atoms with Crippen molar-refractivity contribution in [2.24, 2.45) is 5.92 Å². The van der Waals surface area contributed by atoms with E-state index in [2.05, 4.69) is 4.90 Å². The number of amides is 2. The van der Waals surface area contributed by atoms with Gasteiger partial charge in [-0.05, 0) is 38.1 Å². The van der Waals surface area contributed by atoms with Crippen molar-refractivity contribution in [3.63, 3.8) is 0 Å². The van der Waals surface area contributed by atoms with Crippen molar-refractivity contribution in [3.8, 4) is 5.75 Å². The molecule has 0 aromatic heterocycles. The van der Waals surface area contributed by atoms with Crippen LogP contribution in [-0.2, 0) is 9.59 Å². The first-order valence-electron chi connectivity index (χ1n) is 9.04. The van der Waals surface area contributed by atoms with Gasteiger partial charge in [0.2, 0.25) is 11.8 Å². The van der Waals surface area contributed by atoms with Crippen LogP contribution in [-0.4, -0.2) is 68.0 Å². The van der Waals surface area contributed by atoms with Gasteiger partial charge in [-0.3, -0.25) is 9.59 Å². The number of carbonyl (C=O) groups excluding carboxylic acids is 2. The van der Waals surface area contributed by atoms with Crippen molar-refractivity contribution in [1.29, 1.82) is 0 Å². The van der Waals surface area contributed by atoms with Gasteiger partial charge >= 0.3 is 0 Å². The number of hydrogen-bond acceptors (Lipinski definition) is 4. The van der Waals surface area contributed by atoms with Gasteiger partial charge in [0, 0.05) is 25.6 Å². The molecule has 2 heterocycles. The number of benzene rings is 1. The molecule has 0 bridgehead atoms. The van der Waals surface area contributed by atoms with Gasteiger partial charge in [-0.25, -0.2) is 0 Å². The number of nitrogens with zero attached hydrogens (tertiary/aromatic N) is 3. The summed E-state index contributed by atoms with van der Waals surface area (Å²) < 4.78 is 5.35. The average Bonchev–Trinajstić information content (AvgIpc) is 3.14. The molecule has 1 unspecified atom stereocenters. The van der Waals surface area contributed by atoms with Crippen LogP contribution < -0.4 is 9.64 Å². The highest BCUT2D eigenvalue weighted by Gasteiger charge is 2.32. The number of anilines is 1. The molecule has 0 radical (unpaired) electrons. The number of hydrogen-bond donors (Lipinski definition) is 0. The summed E-state index contributed by atoms with van der Waals surface area (Å²) >= 11 is 0. The van der Waals surface area contributed by atoms with Gasteiger partial charge in [-0.1, -0.05) is 19.1 Å². The summed E-state index contributed by atoms with van der Waals surface area (Å²) in [6, 6.07) is 7.50. The minimum absolute atomic E-state index is 0.0579. The molecule has 0 spiro atoms. The topological polar surface area (TPSA) is 53.1 Å². The second kappa shape index (κ2) is 7.87. The van der Waals surface area contributed by atoms with Crippen LogP contribution in [0.15, 0.2) is 24.3 Å². The van der Waals surface area contributed by atoms with E-state index in [4.69, 9.17) is 4.74 Å². The van der Waals surface area contributed by atoms with Gasteiger partial charge in [0.15, 0.2) is 0 Å². The van der Waals surface area contributed by atoms with E-state index in [1.54, 1.807) is 16.9 Å². The van der Waals surface area contributed by atoms with Crippen LogP contribution in [0, 0.1) is 5.92 Å². The van der Waals surface area contributed by atoms with Gasteiger partial charge in [-0.15, -0.1) is 0 Å². The largest absolute Gasteiger partial charge is 0.495 e. The molecule has 2 fully saturated rings. The van der Waals surface area contributed by atoms with Crippen molar-refractivity contribution >= 4 is 17.5 Å². The molecule has 2 aliphatic rings. The number of methoxy groups -OCH3 is 1. The fraction of sp³-hybridized carbons (Fsp3) is 0.579. The van der Waals surface area contributed by atoms with Crippen LogP contribution in [0.5, 0.6) is 5.75 Å². The van der Waals surface area contributed by atoms with E-state index < -0.39 is 0 Å². The third-order valence-electron chi connectivity index (χ3n) is 5.06. The van der Waals surface area contributed by atoms with Crippen LogP contribution in [0.25, 0.3) is 0 Å². The Morgan fingerprint density at radius 2 is 1.88 bits per heavy atom. The molecule has 6 nitrogen and oxygen atoms in total. The van der Waals surface area contributed by atoms with Crippen molar-refractivity contribution in [2.45, 2.75) is 19.8 Å². The van der Waals surface area contributed by atoms with E-state index in [-0.39, 0.29) is 24.3 Å². The maximum atomic E-state index is 12.7. The van der Waals surface area contributed by atoms with Crippen molar-refractivity contribution in [1.82, 2.24) is 9.80 Å². The number of para-hydroxylation sites is 2. The molecule has 1 aromatic carbocycles. The molecule has 6 heteroatoms. The fourth-order valence-corrected chi connectivity index (χ4v) is 3.71. The van der Waals surface area contributed by atoms with Gasteiger partial charge < -0.3 is 19.4 Å². The zero-order valence-corrected chi connectivity index (χ0v) is 15.1. The Kier molecular flexibility index (Phi) is 5.58. The van der Waals surface area contributed by atoms with E-state index in [1.165, 1.54) is 12.8 Å². The number of likely N-dealkylation sites (tertiary alicyclic amines) is 1. The van der Waals surface area contributed by atoms with Crippen LogP contribution in [0.1, 0.15) is 19.8 Å². The first-order chi connectivity index (χ1) is 12.1. The summed E-state index contributed by atoms with van der Waals surface area (Å²) in [7, 11) is 1.60. The van der Waals surface area contributed by atoms with E-state index in [0.29, 0.717) is 18.8 Å². The molecule has 0 saturated carbocycles. The predicted molar refractivity (Wildman–Crippen MR) is 96.8 cm³/mol. The van der Waals surface area contributed by atoms with Gasteiger partial charge in [0.25, 0.3) is 0 Å². The lowest BCUT2D eigenvalue weighted by atomic mass is 10.1. The second-order valence-corrected chi connectivity index (χ2v) is 6.89. The van der Waals surface area contributed by atoms with Gasteiger partial charge in [0.05, 0.1) is 12.8 Å². The summed E-state index contributed by atoms with van der Waals surface area (Å²) in [5, 5.41) is 0. The molecule has 2 aliphatic heterocycles. The minimum Gasteiger partial charge on any atom is -0.495 e. The number of ether oxygens (including phenoxy) is 1. The standard InChI is InChI=1S/C19H27N3O3/c1-15(13-20-9-5-6-10-20)19(24)21-11-12-22(18(23)14-21)16-7-3-4-8-17(16)25-2/h3-4,7-8,15H,5-6,9-14H2,1-2H3. The Balaban J connectivity index is 1.61. The van der Waals surface area contributed by atoms with Crippen LogP contribution in [0.2, 0.25) is 0 Å². The predicted octanol–water partition coefficient (Wildman–Crippen LogP) is 1.60. The quantitative estimate of drug-likeness (QED) is 0.813. The smallest absolute Gasteiger partial charge is 0.246 e. The Labute approximate surface area is 149 Å². The lowest BCUT2D eigenvalue weighted by Gasteiger charge is -2.36. The summed E-state index contributed by atoms with van der Waals surface area (Å²) in [5.41, 5.74) is 0.771. The van der Waals surface area contributed by atoms with Gasteiger partial charge in [-0.2, -0.15) is 0 Å². The Morgan fingerprint density at radius 3 is 2.56 bits per heavy atom. The lowest BCUT2D eigenvalue weighted by molar-refractivity contribution is -0.140. The molecule has 0 N–H and O–H groups in total. The SMILES string of the molecule is COc1ccccc1N1CCN(C(=O)C(C)CN2CCCC2)CC1=O. The first-order valence-corrected chi connectivity index (χ1v) is 9.04. The molecular weight excluding hydrogens is 318 g/mol. The summed E-state index contributed by atoms with van der Waals surface area (Å²) in [6.45, 7) is 6.13. The van der Waals surface area contributed by atoms with E-state index in [1.807, 2.05) is 31.2 Å². The minimum atomic E-state index is -0.0660. The molecule has 2 saturated heterocycles. The van der Waals surface area contributed by atoms with Crippen molar-refractivity contribution < 1.29 is 14.3 Å². The normalized spacial score (nSPS) is 20.0. The highest BCUT2D eigenvalue weighted by Crippen LogP contribution is 2.29. The average molecular weight is 345 g/mol. The highest BCUT2D eigenvalue weighted by molar-refractivity contribution is 5.99. The summed E-state index contributed by atoms with van der Waals surface area (Å²) in [4.78, 5) is 31.1. The third kappa shape index (κ3) is 3.95. The van der Waals surface area contributed by atoms with Crippen molar-refractivity contribution in [3.05, 3.63) is 24.3 Å². The third-order valence-corrected chi connectivity index (χ3v) is 5.06. The van der Waals surface area contributed by atoms with Gasteiger partial charge in [0.1, 0.15) is 12.3 Å². The lowest BCUT2D eigenvalue weighted by Crippen LogP contribution is -2.54. The van der Waals surface area contributed by atoms with Crippen molar-refractivity contribution in [2.75, 3.05) is 51.3 Å². The molecular formula is C19H27N3O3. The number of piperazine rings is 1. The maximum Gasteiger partial charge on any atom is 0.246 e. The molecule has 3 rings (SSSR count). The molecule has 136 valence electrons. The Hall–Kier alpha value is -2.08. The zero-order chi connectivity index (χ0) is 17.8. The molecule has 2 amide bonds. The zero-order valence-electron chi connectivity index (χ0n) is 15.1. The maximum absolute atomic E-state index is 12.7. The van der Waals surface area contributed by atoms with Crippen LogP contribution >= 0.6 is 0 Å². The Bertz CT molecular complexity index is 628. The molecule has 1 aromatic rings. The summed E-state index contributed by atoms with van der Waals surface area (Å²) in [5.74, 6) is 0.638. The number of carbonyl (C=O) groups is 2. The monoisotopic (exact) mass is 345 g/mol. The molecule has 1 atom stereocenters. The molecule has 25 heavy (non-hydrogen) atoms. The highest BCUT2D eigenvalue weighted by atomic mass is 16.5. The first kappa shape index (κ1) is 17.7. The van der Waals surface area contributed by atoms with E-state index in [0.717, 1.165) is 25.3 Å². The molecule has 0 aliphatic carbocycles. The van der Waals surface area contributed by atoms with Crippen LogP contribution in [0.4, 0.5) is 5.69 Å². The van der Waals surface area contributed by atoms with E-state index >= 15 is 0 Å². The fourth-order valence-electron chi connectivity index (χ4n) is 3.71. The number of rotatable bonds is 5.